The maximum Gasteiger partial charge on any atom is 0.236 e. The Bertz CT molecular complexity index is 1030. The average Bonchev–Trinajstić information content (AvgIpc) is 2.82. The number of nitrogens with two attached hydrogens (primary N) is 1. The highest BCUT2D eigenvalue weighted by Gasteiger charge is 2.09. The molecule has 0 saturated carbocycles. The van der Waals surface area contributed by atoms with Crippen molar-refractivity contribution in [2.24, 2.45) is 5.73 Å². The lowest BCUT2D eigenvalue weighted by Gasteiger charge is -2.16. The maximum atomic E-state index is 12.6. The Morgan fingerprint density at radius 2 is 1.61 bits per heavy atom. The van der Waals surface area contributed by atoms with Crippen LogP contribution in [0.2, 0.25) is 0 Å². The number of aryl methyl sites for hydroxylation is 1. The second-order valence-corrected chi connectivity index (χ2v) is 7.50. The zero-order chi connectivity index (χ0) is 22.2. The highest BCUT2D eigenvalue weighted by atomic mass is 16.5. The Morgan fingerprint density at radius 3 is 2.26 bits per heavy atom. The van der Waals surface area contributed by atoms with Gasteiger partial charge in [0.1, 0.15) is 5.75 Å². The molecule has 0 saturated heterocycles. The van der Waals surface area contributed by atoms with Gasteiger partial charge in [-0.25, -0.2) is 0 Å². The summed E-state index contributed by atoms with van der Waals surface area (Å²) in [6.45, 7) is 0.510. The molecule has 1 amide bonds. The van der Waals surface area contributed by atoms with Crippen LogP contribution in [0.15, 0.2) is 72.8 Å². The smallest absolute Gasteiger partial charge is 0.236 e. The van der Waals surface area contributed by atoms with Crippen molar-refractivity contribution in [2.75, 3.05) is 20.7 Å². The molecule has 5 nitrogen and oxygen atoms in total. The van der Waals surface area contributed by atoms with Crippen LogP contribution in [0.25, 0.3) is 11.1 Å². The summed E-state index contributed by atoms with van der Waals surface area (Å²) in [5.41, 5.74) is 10.4. The number of Topliss-reactive ketones (excluding diaryl/α,β-unsaturated/α-hetero) is 1. The van der Waals surface area contributed by atoms with Gasteiger partial charge in [-0.1, -0.05) is 54.6 Å². The molecular formula is C26H28N2O3. The number of carbonyl (C=O) groups is 2. The van der Waals surface area contributed by atoms with E-state index in [9.17, 15) is 9.59 Å². The molecule has 0 radical (unpaired) electrons. The lowest BCUT2D eigenvalue weighted by atomic mass is 9.98. The minimum Gasteiger partial charge on any atom is -0.497 e. The van der Waals surface area contributed by atoms with Crippen molar-refractivity contribution in [3.05, 3.63) is 89.5 Å². The van der Waals surface area contributed by atoms with Crippen LogP contribution in [0, 0.1) is 0 Å². The first kappa shape index (κ1) is 22.2. The molecule has 160 valence electrons. The molecule has 0 unspecified atom stereocenters. The molecule has 5 heteroatoms. The SMILES string of the molecule is COc1ccc(CCC(=O)c2ccc(-c3cccc(CN(C)C(=O)CN)c3)cc2)cc1. The number of benzene rings is 3. The lowest BCUT2D eigenvalue weighted by Crippen LogP contribution is -2.32. The number of nitrogens with zero attached hydrogens (tertiary/aromatic N) is 1. The topological polar surface area (TPSA) is 72.6 Å². The van der Waals surface area contributed by atoms with Gasteiger partial charge >= 0.3 is 0 Å². The third-order valence-electron chi connectivity index (χ3n) is 5.29. The standard InChI is InChI=1S/C26H28N2O3/c1-28(26(30)17-27)18-20-4-3-5-23(16-20)21-9-11-22(12-10-21)25(29)15-8-19-6-13-24(31-2)14-7-19/h3-7,9-14,16H,8,15,17-18,27H2,1-2H3. The Kier molecular flexibility index (Phi) is 7.57. The van der Waals surface area contributed by atoms with Gasteiger partial charge in [-0.3, -0.25) is 9.59 Å². The maximum absolute atomic E-state index is 12.6. The summed E-state index contributed by atoms with van der Waals surface area (Å²) in [7, 11) is 3.38. The predicted molar refractivity (Wildman–Crippen MR) is 123 cm³/mol. The van der Waals surface area contributed by atoms with Crippen molar-refractivity contribution in [2.45, 2.75) is 19.4 Å². The zero-order valence-electron chi connectivity index (χ0n) is 18.0. The largest absolute Gasteiger partial charge is 0.497 e. The minimum atomic E-state index is -0.0945. The van der Waals surface area contributed by atoms with Crippen LogP contribution < -0.4 is 10.5 Å². The number of ketones is 1. The van der Waals surface area contributed by atoms with E-state index in [-0.39, 0.29) is 18.2 Å². The number of amides is 1. The van der Waals surface area contributed by atoms with E-state index in [0.29, 0.717) is 24.9 Å². The number of hydrogen-bond acceptors (Lipinski definition) is 4. The molecule has 3 aromatic rings. The van der Waals surface area contributed by atoms with E-state index in [2.05, 4.69) is 6.07 Å². The van der Waals surface area contributed by atoms with Crippen LogP contribution in [0.5, 0.6) is 5.75 Å². The van der Waals surface area contributed by atoms with Crippen molar-refractivity contribution < 1.29 is 14.3 Å². The summed E-state index contributed by atoms with van der Waals surface area (Å²) < 4.78 is 5.16. The molecule has 0 atom stereocenters. The van der Waals surface area contributed by atoms with E-state index < -0.39 is 0 Å². The summed E-state index contributed by atoms with van der Waals surface area (Å²) in [5.74, 6) is 0.841. The summed E-state index contributed by atoms with van der Waals surface area (Å²) >= 11 is 0. The number of carbonyl (C=O) groups excluding carboxylic acids is 2. The van der Waals surface area contributed by atoms with Crippen LogP contribution in [-0.2, 0) is 17.8 Å². The van der Waals surface area contributed by atoms with Crippen molar-refractivity contribution in [1.29, 1.82) is 0 Å². The Labute approximate surface area is 183 Å². The number of ether oxygens (including phenoxy) is 1. The number of hydrogen-bond donors (Lipinski definition) is 1. The first-order chi connectivity index (χ1) is 15.0. The Morgan fingerprint density at radius 1 is 0.903 bits per heavy atom. The van der Waals surface area contributed by atoms with E-state index in [1.54, 1.807) is 19.1 Å². The highest BCUT2D eigenvalue weighted by molar-refractivity contribution is 5.96. The second-order valence-electron chi connectivity index (χ2n) is 7.50. The summed E-state index contributed by atoms with van der Waals surface area (Å²) in [6, 6.07) is 23.5. The van der Waals surface area contributed by atoms with Gasteiger partial charge in [0.2, 0.25) is 5.91 Å². The van der Waals surface area contributed by atoms with E-state index in [1.165, 1.54) is 0 Å². The number of methoxy groups -OCH3 is 1. The monoisotopic (exact) mass is 416 g/mol. The summed E-state index contributed by atoms with van der Waals surface area (Å²) in [4.78, 5) is 25.9. The third kappa shape index (κ3) is 6.03. The predicted octanol–water partition coefficient (Wildman–Crippen LogP) is 4.09. The highest BCUT2D eigenvalue weighted by Crippen LogP contribution is 2.22. The fourth-order valence-electron chi connectivity index (χ4n) is 3.41. The molecule has 0 spiro atoms. The van der Waals surface area contributed by atoms with Crippen LogP contribution in [0.4, 0.5) is 0 Å². The molecule has 0 fully saturated rings. The molecule has 31 heavy (non-hydrogen) atoms. The molecular weight excluding hydrogens is 388 g/mol. The Hall–Kier alpha value is -3.44. The van der Waals surface area contributed by atoms with Crippen LogP contribution in [-0.4, -0.2) is 37.3 Å². The van der Waals surface area contributed by atoms with Gasteiger partial charge in [-0.2, -0.15) is 0 Å². The van der Waals surface area contributed by atoms with E-state index in [4.69, 9.17) is 10.5 Å². The number of rotatable bonds is 9. The summed E-state index contributed by atoms with van der Waals surface area (Å²) in [5, 5.41) is 0. The molecule has 0 aromatic heterocycles. The van der Waals surface area contributed by atoms with Gasteiger partial charge in [0.15, 0.2) is 5.78 Å². The Balaban J connectivity index is 1.63. The lowest BCUT2D eigenvalue weighted by molar-refractivity contribution is -0.128. The van der Waals surface area contributed by atoms with Gasteiger partial charge in [0, 0.05) is 25.6 Å². The quantitative estimate of drug-likeness (QED) is 0.533. The molecule has 0 aliphatic heterocycles. The van der Waals surface area contributed by atoms with Gasteiger partial charge in [0.25, 0.3) is 0 Å². The van der Waals surface area contributed by atoms with E-state index >= 15 is 0 Å². The third-order valence-corrected chi connectivity index (χ3v) is 5.29. The first-order valence-electron chi connectivity index (χ1n) is 10.3. The van der Waals surface area contributed by atoms with Crippen molar-refractivity contribution in [3.63, 3.8) is 0 Å². The van der Waals surface area contributed by atoms with Crippen LogP contribution in [0.1, 0.15) is 27.9 Å². The van der Waals surface area contributed by atoms with Gasteiger partial charge < -0.3 is 15.4 Å². The van der Waals surface area contributed by atoms with Gasteiger partial charge in [-0.05, 0) is 46.9 Å². The molecule has 2 N–H and O–H groups in total. The van der Waals surface area contributed by atoms with E-state index in [1.807, 2.05) is 66.7 Å². The van der Waals surface area contributed by atoms with Crippen molar-refractivity contribution in [1.82, 2.24) is 4.90 Å². The second kappa shape index (κ2) is 10.5. The fraction of sp³-hybridized carbons (Fsp3) is 0.231. The average molecular weight is 417 g/mol. The van der Waals surface area contributed by atoms with E-state index in [0.717, 1.165) is 28.0 Å². The summed E-state index contributed by atoms with van der Waals surface area (Å²) in [6.07, 6.45) is 1.16. The normalized spacial score (nSPS) is 10.5. The number of likely N-dealkylation sites (N-methyl/N-ethyl adjacent to an activating group) is 1. The van der Waals surface area contributed by atoms with Gasteiger partial charge in [-0.15, -0.1) is 0 Å². The molecule has 3 aromatic carbocycles. The molecule has 0 heterocycles. The zero-order valence-corrected chi connectivity index (χ0v) is 18.0. The van der Waals surface area contributed by atoms with Crippen LogP contribution >= 0.6 is 0 Å². The molecule has 0 aliphatic rings. The van der Waals surface area contributed by atoms with Crippen LogP contribution in [0.3, 0.4) is 0 Å². The first-order valence-corrected chi connectivity index (χ1v) is 10.3. The fourth-order valence-corrected chi connectivity index (χ4v) is 3.41. The van der Waals surface area contributed by atoms with Crippen molar-refractivity contribution in [3.8, 4) is 16.9 Å². The molecule has 0 bridgehead atoms. The molecule has 0 aliphatic carbocycles. The minimum absolute atomic E-state index is 0.00411. The molecule has 3 rings (SSSR count). The van der Waals surface area contributed by atoms with Crippen molar-refractivity contribution >= 4 is 11.7 Å². The van der Waals surface area contributed by atoms with Gasteiger partial charge in [0.05, 0.1) is 13.7 Å².